The van der Waals surface area contributed by atoms with Gasteiger partial charge in [-0.2, -0.15) is 0 Å². The molecular weight excluding hydrogens is 142 g/mol. The van der Waals surface area contributed by atoms with E-state index in [1.807, 2.05) is 0 Å². The predicted octanol–water partition coefficient (Wildman–Crippen LogP) is 1.61. The van der Waals surface area contributed by atoms with E-state index in [0.717, 1.165) is 0 Å². The smallest absolute Gasteiger partial charge is 0.337 e. The molecular formula is C8H11NO2. The molecule has 0 radical (unpaired) electrons. The van der Waals surface area contributed by atoms with E-state index in [-0.39, 0.29) is 11.3 Å². The van der Waals surface area contributed by atoms with Crippen molar-refractivity contribution in [1.29, 1.82) is 5.41 Å². The van der Waals surface area contributed by atoms with Crippen molar-refractivity contribution in [3.05, 3.63) is 24.3 Å². The van der Waals surface area contributed by atoms with E-state index in [0.29, 0.717) is 6.42 Å². The fraction of sp³-hybridized carbons (Fsp3) is 0.250. The summed E-state index contributed by atoms with van der Waals surface area (Å²) in [5.74, 6) is -1.06. The number of carboxylic acids is 1. The maximum absolute atomic E-state index is 10.4. The van der Waals surface area contributed by atoms with Gasteiger partial charge < -0.3 is 10.5 Å². The Balaban J connectivity index is 4.45. The van der Waals surface area contributed by atoms with Crippen LogP contribution >= 0.6 is 0 Å². The third-order valence-electron chi connectivity index (χ3n) is 1.12. The highest BCUT2D eigenvalue weighted by atomic mass is 16.4. The van der Waals surface area contributed by atoms with Gasteiger partial charge in [-0.25, -0.2) is 4.79 Å². The number of hydrogen-bond acceptors (Lipinski definition) is 2. The minimum Gasteiger partial charge on any atom is -0.478 e. The number of allylic oxidation sites excluding steroid dienone is 2. The summed E-state index contributed by atoms with van der Waals surface area (Å²) in [7, 11) is 0. The van der Waals surface area contributed by atoms with Crippen molar-refractivity contribution in [2.75, 3.05) is 0 Å². The molecule has 0 saturated heterocycles. The lowest BCUT2D eigenvalue weighted by Gasteiger charge is -1.96. The quantitative estimate of drug-likeness (QED) is 0.366. The minimum atomic E-state index is -1.06. The van der Waals surface area contributed by atoms with Crippen LogP contribution in [-0.4, -0.2) is 16.8 Å². The second-order valence-corrected chi connectivity index (χ2v) is 2.07. The van der Waals surface area contributed by atoms with E-state index >= 15 is 0 Å². The van der Waals surface area contributed by atoms with Gasteiger partial charge in [-0.3, -0.25) is 0 Å². The summed E-state index contributed by atoms with van der Waals surface area (Å²) >= 11 is 0. The normalized spacial score (nSPS) is 10.8. The van der Waals surface area contributed by atoms with Gasteiger partial charge in [0.15, 0.2) is 0 Å². The van der Waals surface area contributed by atoms with Gasteiger partial charge in [0, 0.05) is 5.71 Å². The Labute approximate surface area is 65.6 Å². The lowest BCUT2D eigenvalue weighted by Crippen LogP contribution is -2.07. The van der Waals surface area contributed by atoms with Crippen molar-refractivity contribution < 1.29 is 9.90 Å². The van der Waals surface area contributed by atoms with Crippen LogP contribution in [-0.2, 0) is 4.79 Å². The van der Waals surface area contributed by atoms with Gasteiger partial charge >= 0.3 is 5.97 Å². The maximum atomic E-state index is 10.4. The Morgan fingerprint density at radius 3 is 2.55 bits per heavy atom. The summed E-state index contributed by atoms with van der Waals surface area (Å²) in [5, 5.41) is 15.6. The molecule has 0 amide bonds. The maximum Gasteiger partial charge on any atom is 0.337 e. The third-order valence-corrected chi connectivity index (χ3v) is 1.12. The molecule has 2 N–H and O–H groups in total. The molecule has 0 aromatic rings. The molecule has 0 fully saturated rings. The molecule has 0 heterocycles. The Morgan fingerprint density at radius 2 is 2.27 bits per heavy atom. The molecule has 0 saturated carbocycles. The zero-order valence-corrected chi connectivity index (χ0v) is 6.42. The van der Waals surface area contributed by atoms with Crippen LogP contribution in [0.25, 0.3) is 0 Å². The summed E-state index contributed by atoms with van der Waals surface area (Å²) < 4.78 is 0. The first-order valence-electron chi connectivity index (χ1n) is 3.19. The highest BCUT2D eigenvalue weighted by Gasteiger charge is 2.07. The van der Waals surface area contributed by atoms with Crippen LogP contribution in [0.15, 0.2) is 24.3 Å². The number of nitrogens with one attached hydrogen (secondary N) is 1. The molecule has 0 aromatic carbocycles. The van der Waals surface area contributed by atoms with Gasteiger partial charge in [0.2, 0.25) is 0 Å². The molecule has 0 aliphatic carbocycles. The van der Waals surface area contributed by atoms with Crippen molar-refractivity contribution in [1.82, 2.24) is 0 Å². The van der Waals surface area contributed by atoms with E-state index in [4.69, 9.17) is 10.5 Å². The topological polar surface area (TPSA) is 61.2 Å². The third kappa shape index (κ3) is 3.35. The first-order valence-corrected chi connectivity index (χ1v) is 3.19. The van der Waals surface area contributed by atoms with Crippen molar-refractivity contribution in [3.63, 3.8) is 0 Å². The molecule has 0 aliphatic heterocycles. The van der Waals surface area contributed by atoms with Gasteiger partial charge in [-0.05, 0) is 13.3 Å². The molecule has 0 rings (SSSR count). The largest absolute Gasteiger partial charge is 0.478 e. The lowest BCUT2D eigenvalue weighted by molar-refractivity contribution is -0.132. The molecule has 11 heavy (non-hydrogen) atoms. The minimum absolute atomic E-state index is 0.0462. The molecule has 3 nitrogen and oxygen atoms in total. The van der Waals surface area contributed by atoms with E-state index in [1.54, 1.807) is 6.08 Å². The molecule has 0 aromatic heterocycles. The molecule has 0 unspecified atom stereocenters. The average Bonchev–Trinajstić information content (AvgIpc) is 1.87. The average molecular weight is 153 g/mol. The standard InChI is InChI=1S/C8H11NO2/c1-3-4-5-7(6(2)9)8(10)11/h3,5,9H,1,4H2,2H3,(H,10,11)/b7-5+,9-6?. The Kier molecular flexibility index (Phi) is 3.88. The Morgan fingerprint density at radius 1 is 1.73 bits per heavy atom. The van der Waals surface area contributed by atoms with Gasteiger partial charge in [-0.15, -0.1) is 6.58 Å². The molecule has 0 atom stereocenters. The first-order chi connectivity index (χ1) is 5.09. The van der Waals surface area contributed by atoms with Crippen LogP contribution in [0.2, 0.25) is 0 Å². The SMILES string of the molecule is C=CC/C=C(\C(C)=N)C(=O)O. The van der Waals surface area contributed by atoms with Crippen LogP contribution in [0.4, 0.5) is 0 Å². The highest BCUT2D eigenvalue weighted by molar-refractivity contribution is 6.16. The highest BCUT2D eigenvalue weighted by Crippen LogP contribution is 1.99. The van der Waals surface area contributed by atoms with Crippen molar-refractivity contribution in [3.8, 4) is 0 Å². The number of rotatable bonds is 4. The van der Waals surface area contributed by atoms with Gasteiger partial charge in [-0.1, -0.05) is 12.2 Å². The van der Waals surface area contributed by atoms with Crippen LogP contribution in [0.3, 0.4) is 0 Å². The second kappa shape index (κ2) is 4.44. The van der Waals surface area contributed by atoms with Gasteiger partial charge in [0.25, 0.3) is 0 Å². The van der Waals surface area contributed by atoms with E-state index in [9.17, 15) is 4.79 Å². The zero-order valence-electron chi connectivity index (χ0n) is 6.42. The monoisotopic (exact) mass is 153 g/mol. The van der Waals surface area contributed by atoms with Crippen LogP contribution in [0.1, 0.15) is 13.3 Å². The molecule has 3 heteroatoms. The van der Waals surface area contributed by atoms with Gasteiger partial charge in [0.1, 0.15) is 0 Å². The first kappa shape index (κ1) is 9.62. The molecule has 60 valence electrons. The zero-order chi connectivity index (χ0) is 8.85. The predicted molar refractivity (Wildman–Crippen MR) is 43.9 cm³/mol. The number of hydrogen-bond donors (Lipinski definition) is 2. The summed E-state index contributed by atoms with van der Waals surface area (Å²) in [6, 6.07) is 0. The summed E-state index contributed by atoms with van der Waals surface area (Å²) in [6.07, 6.45) is 3.54. The van der Waals surface area contributed by atoms with Gasteiger partial charge in [0.05, 0.1) is 5.57 Å². The summed E-state index contributed by atoms with van der Waals surface area (Å²) in [4.78, 5) is 10.4. The van der Waals surface area contributed by atoms with E-state index < -0.39 is 5.97 Å². The fourth-order valence-corrected chi connectivity index (χ4v) is 0.602. The fourth-order valence-electron chi connectivity index (χ4n) is 0.602. The Bertz CT molecular complexity index is 200. The van der Waals surface area contributed by atoms with Crippen molar-refractivity contribution in [2.45, 2.75) is 13.3 Å². The Hall–Kier alpha value is -1.38. The molecule has 0 spiro atoms. The lowest BCUT2D eigenvalue weighted by atomic mass is 10.1. The molecule has 0 aliphatic rings. The van der Waals surface area contributed by atoms with Crippen molar-refractivity contribution in [2.24, 2.45) is 0 Å². The van der Waals surface area contributed by atoms with Crippen LogP contribution in [0.5, 0.6) is 0 Å². The van der Waals surface area contributed by atoms with Crippen molar-refractivity contribution >= 4 is 11.7 Å². The summed E-state index contributed by atoms with van der Waals surface area (Å²) in [5.41, 5.74) is 0.115. The van der Waals surface area contributed by atoms with Crippen LogP contribution in [0, 0.1) is 5.41 Å². The number of carbonyl (C=O) groups is 1. The van der Waals surface area contributed by atoms with E-state index in [1.165, 1.54) is 13.0 Å². The summed E-state index contributed by atoms with van der Waals surface area (Å²) in [6.45, 7) is 4.89. The van der Waals surface area contributed by atoms with Crippen LogP contribution < -0.4 is 0 Å². The second-order valence-electron chi connectivity index (χ2n) is 2.07. The van der Waals surface area contributed by atoms with E-state index in [2.05, 4.69) is 6.58 Å². The number of aliphatic carboxylic acids is 1. The number of carboxylic acid groups (broad SMARTS) is 1. The molecule has 0 bridgehead atoms.